The quantitative estimate of drug-likeness (QED) is 0.461. The Kier molecular flexibility index (Phi) is 6.81. The summed E-state index contributed by atoms with van der Waals surface area (Å²) in [5, 5.41) is 0. The molecule has 1 aliphatic heterocycles. The van der Waals surface area contributed by atoms with E-state index in [0.29, 0.717) is 30.1 Å². The van der Waals surface area contributed by atoms with E-state index in [1.807, 2.05) is 61.5 Å². The summed E-state index contributed by atoms with van der Waals surface area (Å²) in [6, 6.07) is 17.1. The SMILES string of the molecule is COCCOC(=O)C1C(C)=NC2=C(C(=O)CCC2)[C@H]1c1cccc(Oc2ccccc2)c1. The van der Waals surface area contributed by atoms with Crippen LogP contribution in [0.2, 0.25) is 0 Å². The van der Waals surface area contributed by atoms with E-state index < -0.39 is 17.8 Å². The van der Waals surface area contributed by atoms with E-state index in [1.165, 1.54) is 0 Å². The second-order valence-electron chi connectivity index (χ2n) is 7.99. The summed E-state index contributed by atoms with van der Waals surface area (Å²) in [6.07, 6.45) is 1.98. The number of hydrogen-bond acceptors (Lipinski definition) is 6. The van der Waals surface area contributed by atoms with Crippen molar-refractivity contribution in [1.29, 1.82) is 0 Å². The molecule has 0 N–H and O–H groups in total. The van der Waals surface area contributed by atoms with E-state index in [2.05, 4.69) is 4.99 Å². The topological polar surface area (TPSA) is 74.2 Å². The standard InChI is InChI=1S/C26H27NO5/c1-17-23(26(29)31-15-14-30-2)24(25-21(27-17)12-7-13-22(25)28)18-8-6-11-20(16-18)32-19-9-4-3-5-10-19/h3-6,8-11,16,23-24H,7,12-15H2,1-2H3/t23?,24-/m0/s1. The normalized spacial score (nSPS) is 20.4. The number of nitrogens with zero attached hydrogens (tertiary/aromatic N) is 1. The number of para-hydroxylation sites is 1. The molecule has 166 valence electrons. The number of ketones is 1. The highest BCUT2D eigenvalue weighted by atomic mass is 16.6. The van der Waals surface area contributed by atoms with Crippen LogP contribution in [0.5, 0.6) is 11.5 Å². The van der Waals surface area contributed by atoms with Gasteiger partial charge in [0.2, 0.25) is 0 Å². The van der Waals surface area contributed by atoms with Gasteiger partial charge in [-0.15, -0.1) is 0 Å². The number of benzene rings is 2. The van der Waals surface area contributed by atoms with Crippen LogP contribution in [-0.4, -0.2) is 37.8 Å². The third-order valence-electron chi connectivity index (χ3n) is 5.82. The second-order valence-corrected chi connectivity index (χ2v) is 7.99. The summed E-state index contributed by atoms with van der Waals surface area (Å²) in [7, 11) is 1.56. The highest BCUT2D eigenvalue weighted by Gasteiger charge is 2.43. The van der Waals surface area contributed by atoms with Gasteiger partial charge in [-0.3, -0.25) is 14.6 Å². The molecule has 0 aromatic heterocycles. The van der Waals surface area contributed by atoms with Crippen LogP contribution in [-0.2, 0) is 19.1 Å². The van der Waals surface area contributed by atoms with Crippen LogP contribution in [0.1, 0.15) is 37.7 Å². The van der Waals surface area contributed by atoms with Crippen LogP contribution >= 0.6 is 0 Å². The van der Waals surface area contributed by atoms with Gasteiger partial charge in [-0.1, -0.05) is 30.3 Å². The van der Waals surface area contributed by atoms with E-state index in [0.717, 1.165) is 29.9 Å². The fraction of sp³-hybridized carbons (Fsp3) is 0.346. The van der Waals surface area contributed by atoms with Crippen molar-refractivity contribution in [1.82, 2.24) is 0 Å². The van der Waals surface area contributed by atoms with Gasteiger partial charge in [-0.2, -0.15) is 0 Å². The number of rotatable bonds is 7. The van der Waals surface area contributed by atoms with E-state index in [4.69, 9.17) is 14.2 Å². The zero-order valence-electron chi connectivity index (χ0n) is 18.4. The number of carbonyl (C=O) groups excluding carboxylic acids is 2. The van der Waals surface area contributed by atoms with Crippen molar-refractivity contribution in [3.63, 3.8) is 0 Å². The molecule has 6 heteroatoms. The molecule has 4 rings (SSSR count). The molecular weight excluding hydrogens is 406 g/mol. The average molecular weight is 434 g/mol. The predicted octanol–water partition coefficient (Wildman–Crippen LogP) is 4.85. The Labute approximate surface area is 187 Å². The zero-order chi connectivity index (χ0) is 22.5. The van der Waals surface area contributed by atoms with Gasteiger partial charge in [0.15, 0.2) is 5.78 Å². The Morgan fingerprint density at radius 1 is 1.03 bits per heavy atom. The lowest BCUT2D eigenvalue weighted by Crippen LogP contribution is -2.37. The van der Waals surface area contributed by atoms with Gasteiger partial charge in [0, 0.05) is 36.4 Å². The first-order chi connectivity index (χ1) is 15.6. The molecule has 0 amide bonds. The fourth-order valence-corrected chi connectivity index (χ4v) is 4.38. The lowest BCUT2D eigenvalue weighted by molar-refractivity contribution is -0.147. The zero-order valence-corrected chi connectivity index (χ0v) is 18.4. The number of allylic oxidation sites excluding steroid dienone is 2. The van der Waals surface area contributed by atoms with Crippen molar-refractivity contribution in [3.8, 4) is 11.5 Å². The number of carbonyl (C=O) groups is 2. The molecule has 0 saturated carbocycles. The first-order valence-corrected chi connectivity index (χ1v) is 10.9. The lowest BCUT2D eigenvalue weighted by Gasteiger charge is -2.34. The summed E-state index contributed by atoms with van der Waals surface area (Å²) in [5.74, 6) is -0.102. The van der Waals surface area contributed by atoms with Crippen molar-refractivity contribution in [2.75, 3.05) is 20.3 Å². The molecule has 1 aliphatic carbocycles. The molecule has 2 aromatic rings. The molecule has 2 aromatic carbocycles. The van der Waals surface area contributed by atoms with Gasteiger partial charge in [0.05, 0.1) is 6.61 Å². The maximum Gasteiger partial charge on any atom is 0.315 e. The van der Waals surface area contributed by atoms with Gasteiger partial charge in [-0.05, 0) is 49.6 Å². The minimum atomic E-state index is -0.667. The molecule has 1 unspecified atom stereocenters. The predicted molar refractivity (Wildman–Crippen MR) is 121 cm³/mol. The summed E-state index contributed by atoms with van der Waals surface area (Å²) >= 11 is 0. The Balaban J connectivity index is 1.72. The third kappa shape index (κ3) is 4.65. The summed E-state index contributed by atoms with van der Waals surface area (Å²) in [6.45, 7) is 2.30. The van der Waals surface area contributed by atoms with Crippen LogP contribution in [0.3, 0.4) is 0 Å². The van der Waals surface area contributed by atoms with E-state index in [-0.39, 0.29) is 12.4 Å². The van der Waals surface area contributed by atoms with E-state index in [9.17, 15) is 9.59 Å². The van der Waals surface area contributed by atoms with E-state index in [1.54, 1.807) is 7.11 Å². The Bertz CT molecular complexity index is 1060. The molecule has 0 radical (unpaired) electrons. The minimum absolute atomic E-state index is 0.0524. The maximum atomic E-state index is 13.1. The van der Waals surface area contributed by atoms with Gasteiger partial charge >= 0.3 is 5.97 Å². The minimum Gasteiger partial charge on any atom is -0.463 e. The highest BCUT2D eigenvalue weighted by Crippen LogP contribution is 2.44. The van der Waals surface area contributed by atoms with Crippen LogP contribution in [0.4, 0.5) is 0 Å². The average Bonchev–Trinajstić information content (AvgIpc) is 2.79. The largest absolute Gasteiger partial charge is 0.463 e. The molecule has 0 spiro atoms. The highest BCUT2D eigenvalue weighted by molar-refractivity contribution is 6.08. The van der Waals surface area contributed by atoms with Crippen LogP contribution in [0.15, 0.2) is 70.9 Å². The molecule has 0 fully saturated rings. The number of hydrogen-bond donors (Lipinski definition) is 0. The van der Waals surface area contributed by atoms with Crippen LogP contribution < -0.4 is 4.74 Å². The summed E-state index contributed by atoms with van der Waals surface area (Å²) < 4.78 is 16.5. The number of aliphatic imine (C=N–C) groups is 1. The molecular formula is C26H27NO5. The van der Waals surface area contributed by atoms with Gasteiger partial charge in [-0.25, -0.2) is 0 Å². The molecule has 2 aliphatic rings. The van der Waals surface area contributed by atoms with Crippen LogP contribution in [0.25, 0.3) is 0 Å². The van der Waals surface area contributed by atoms with Crippen molar-refractivity contribution in [3.05, 3.63) is 71.4 Å². The molecule has 2 atom stereocenters. The lowest BCUT2D eigenvalue weighted by atomic mass is 9.72. The summed E-state index contributed by atoms with van der Waals surface area (Å²) in [4.78, 5) is 30.8. The Morgan fingerprint density at radius 3 is 2.59 bits per heavy atom. The molecule has 32 heavy (non-hydrogen) atoms. The number of ether oxygens (including phenoxy) is 3. The molecule has 1 heterocycles. The second kappa shape index (κ2) is 9.92. The fourth-order valence-electron chi connectivity index (χ4n) is 4.38. The number of esters is 1. The smallest absolute Gasteiger partial charge is 0.315 e. The third-order valence-corrected chi connectivity index (χ3v) is 5.82. The van der Waals surface area contributed by atoms with Crippen molar-refractivity contribution in [2.45, 2.75) is 32.1 Å². The summed E-state index contributed by atoms with van der Waals surface area (Å²) in [5.41, 5.74) is 2.93. The maximum absolute atomic E-state index is 13.1. The molecule has 6 nitrogen and oxygen atoms in total. The molecule has 0 saturated heterocycles. The van der Waals surface area contributed by atoms with Crippen molar-refractivity contribution < 1.29 is 23.8 Å². The van der Waals surface area contributed by atoms with Gasteiger partial charge < -0.3 is 14.2 Å². The van der Waals surface area contributed by atoms with Gasteiger partial charge in [0.25, 0.3) is 0 Å². The Morgan fingerprint density at radius 2 is 1.81 bits per heavy atom. The first kappa shape index (κ1) is 22.0. The van der Waals surface area contributed by atoms with Gasteiger partial charge in [0.1, 0.15) is 24.0 Å². The van der Waals surface area contributed by atoms with Crippen molar-refractivity contribution in [2.24, 2.45) is 10.9 Å². The Hall–Kier alpha value is -3.25. The van der Waals surface area contributed by atoms with Crippen molar-refractivity contribution >= 4 is 17.5 Å². The first-order valence-electron chi connectivity index (χ1n) is 10.9. The van der Waals surface area contributed by atoms with E-state index >= 15 is 0 Å². The molecule has 0 bridgehead atoms. The number of methoxy groups -OCH3 is 1. The number of Topliss-reactive ketones (excluding diaryl/α,β-unsaturated/α-hetero) is 1. The monoisotopic (exact) mass is 433 g/mol. The van der Waals surface area contributed by atoms with Crippen LogP contribution in [0, 0.1) is 5.92 Å².